The van der Waals surface area contributed by atoms with Gasteiger partial charge in [0.05, 0.1) is 5.52 Å². The molecule has 9 rings (SSSR count). The van der Waals surface area contributed by atoms with Gasteiger partial charge >= 0.3 is 0 Å². The van der Waals surface area contributed by atoms with Gasteiger partial charge < -0.3 is 0 Å². The van der Waals surface area contributed by atoms with Gasteiger partial charge in [-0.25, -0.2) is 4.98 Å². The van der Waals surface area contributed by atoms with Crippen molar-refractivity contribution in [3.8, 4) is 39.9 Å². The maximum Gasteiger partial charge on any atom is 0.242 e. The van der Waals surface area contributed by atoms with Crippen molar-refractivity contribution >= 4 is 34.0 Å². The lowest BCUT2D eigenvalue weighted by Crippen LogP contribution is -2.48. The van der Waals surface area contributed by atoms with Gasteiger partial charge in [0.1, 0.15) is 0 Å². The van der Waals surface area contributed by atoms with E-state index < -0.39 is 0 Å². The summed E-state index contributed by atoms with van der Waals surface area (Å²) in [5.74, 6) is 2.07. The van der Waals surface area contributed by atoms with Crippen LogP contribution in [0.2, 0.25) is 0 Å². The minimum absolute atomic E-state index is 0.223. The van der Waals surface area contributed by atoms with Gasteiger partial charge in [0, 0.05) is 22.2 Å². The molecule has 2 aromatic heterocycles. The van der Waals surface area contributed by atoms with Gasteiger partial charge in [-0.3, -0.25) is 4.57 Å². The molecule has 4 nitrogen and oxygen atoms in total. The smallest absolute Gasteiger partial charge is 0.242 e. The van der Waals surface area contributed by atoms with Gasteiger partial charge in [-0.1, -0.05) is 138 Å². The maximum absolute atomic E-state index is 5.17. The molecule has 1 aliphatic carbocycles. The van der Waals surface area contributed by atoms with Gasteiger partial charge in [0.25, 0.3) is 0 Å². The highest BCUT2D eigenvalue weighted by molar-refractivity contribution is 6.99. The fourth-order valence-electron chi connectivity index (χ4n) is 7.46. The lowest BCUT2D eigenvalue weighted by Gasteiger charge is -2.16. The van der Waals surface area contributed by atoms with Crippen LogP contribution in [-0.4, -0.2) is 26.2 Å². The number of hydrogen-bond acceptors (Lipinski definition) is 3. The zero-order valence-corrected chi connectivity index (χ0v) is 24.3. The lowest BCUT2D eigenvalue weighted by atomic mass is 9.39. The zero-order valence-electron chi connectivity index (χ0n) is 24.3. The standard InChI is InChI=1S/C39H29BN4/c1-4-14-26(15-5-1)37-41-38(27-16-6-2-7-17-27)43-39(42-37)44-33-23-13-11-21-30(33)36-34(44)25-24-32-35(36)29-20-10-12-22-31(29)40(32)28-18-8-3-9-19-28/h1-10,12,14-20,22,24-25H,11,13,21,23H2. The van der Waals surface area contributed by atoms with Crippen molar-refractivity contribution in [2.45, 2.75) is 25.7 Å². The zero-order chi connectivity index (χ0) is 29.0. The minimum Gasteiger partial charge on any atom is -0.282 e. The Morgan fingerprint density at radius 2 is 1.16 bits per heavy atom. The second-order valence-electron chi connectivity index (χ2n) is 11.8. The van der Waals surface area contributed by atoms with Crippen LogP contribution >= 0.6 is 0 Å². The van der Waals surface area contributed by atoms with Crippen LogP contribution in [0.15, 0.2) is 127 Å². The molecule has 0 atom stereocenters. The average molecular weight is 565 g/mol. The summed E-state index contributed by atoms with van der Waals surface area (Å²) in [6.07, 6.45) is 4.43. The molecule has 2 aliphatic rings. The monoisotopic (exact) mass is 564 g/mol. The van der Waals surface area contributed by atoms with E-state index in [1.807, 2.05) is 36.4 Å². The van der Waals surface area contributed by atoms with Gasteiger partial charge in [0.2, 0.25) is 12.7 Å². The first kappa shape index (κ1) is 25.2. The fourth-order valence-corrected chi connectivity index (χ4v) is 7.46. The quantitative estimate of drug-likeness (QED) is 0.229. The van der Waals surface area contributed by atoms with Crippen LogP contribution in [0.5, 0.6) is 0 Å². The van der Waals surface area contributed by atoms with Gasteiger partial charge in [0.15, 0.2) is 11.6 Å². The Bertz CT molecular complexity index is 2110. The van der Waals surface area contributed by atoms with E-state index in [1.165, 1.54) is 56.1 Å². The second kappa shape index (κ2) is 10.2. The van der Waals surface area contributed by atoms with Crippen molar-refractivity contribution in [1.82, 2.24) is 19.5 Å². The summed E-state index contributed by atoms with van der Waals surface area (Å²) in [5, 5.41) is 1.37. The molecule has 208 valence electrons. The van der Waals surface area contributed by atoms with Crippen molar-refractivity contribution in [3.63, 3.8) is 0 Å². The van der Waals surface area contributed by atoms with Gasteiger partial charge in [-0.2, -0.15) is 9.97 Å². The summed E-state index contributed by atoms with van der Waals surface area (Å²) in [5.41, 5.74) is 12.8. The number of rotatable bonds is 4. The van der Waals surface area contributed by atoms with Crippen molar-refractivity contribution in [2.75, 3.05) is 0 Å². The van der Waals surface area contributed by atoms with E-state index >= 15 is 0 Å². The first-order chi connectivity index (χ1) is 21.8. The summed E-state index contributed by atoms with van der Waals surface area (Å²) in [6.45, 7) is 0.223. The molecule has 0 saturated carbocycles. The Labute approximate surface area is 257 Å². The molecule has 1 aliphatic heterocycles. The third-order valence-electron chi connectivity index (χ3n) is 9.34. The molecule has 0 N–H and O–H groups in total. The third kappa shape index (κ3) is 3.89. The fraction of sp³-hybridized carbons (Fsp3) is 0.103. The van der Waals surface area contributed by atoms with Crippen LogP contribution in [0.4, 0.5) is 0 Å². The third-order valence-corrected chi connectivity index (χ3v) is 9.34. The van der Waals surface area contributed by atoms with Gasteiger partial charge in [-0.15, -0.1) is 0 Å². The molecular weight excluding hydrogens is 535 g/mol. The molecule has 3 heterocycles. The van der Waals surface area contributed by atoms with Crippen LogP contribution in [0.3, 0.4) is 0 Å². The second-order valence-corrected chi connectivity index (χ2v) is 11.8. The van der Waals surface area contributed by atoms with E-state index in [0.717, 1.165) is 30.4 Å². The van der Waals surface area contributed by atoms with Crippen molar-refractivity contribution in [3.05, 3.63) is 139 Å². The maximum atomic E-state index is 5.17. The highest BCUT2D eigenvalue weighted by Gasteiger charge is 2.36. The van der Waals surface area contributed by atoms with Crippen molar-refractivity contribution in [2.24, 2.45) is 0 Å². The van der Waals surface area contributed by atoms with E-state index in [4.69, 9.17) is 15.0 Å². The minimum atomic E-state index is 0.223. The SMILES string of the molecule is c1ccc(B2c3ccccc3-c3c2ccc2c3c3c(n2-c2nc(-c4ccccc4)nc(-c4ccccc4)n2)CCCC3)cc1. The van der Waals surface area contributed by atoms with Crippen molar-refractivity contribution in [1.29, 1.82) is 0 Å². The molecule has 0 saturated heterocycles. The van der Waals surface area contributed by atoms with Crippen LogP contribution in [0.25, 0.3) is 50.8 Å². The normalized spacial score (nSPS) is 13.5. The molecule has 0 radical (unpaired) electrons. The number of fused-ring (bicyclic) bond motifs is 7. The Hall–Kier alpha value is -5.29. The molecule has 0 fully saturated rings. The predicted molar refractivity (Wildman–Crippen MR) is 181 cm³/mol. The first-order valence-corrected chi connectivity index (χ1v) is 15.6. The number of hydrogen-bond donors (Lipinski definition) is 0. The number of nitrogens with zero attached hydrogens (tertiary/aromatic N) is 4. The molecule has 5 aromatic carbocycles. The van der Waals surface area contributed by atoms with Crippen LogP contribution in [0, 0.1) is 0 Å². The summed E-state index contributed by atoms with van der Waals surface area (Å²) in [6, 6.07) is 45.1. The summed E-state index contributed by atoms with van der Waals surface area (Å²) in [7, 11) is 0. The van der Waals surface area contributed by atoms with E-state index in [-0.39, 0.29) is 6.71 Å². The molecule has 0 amide bonds. The number of aromatic nitrogens is 4. The Kier molecular flexibility index (Phi) is 5.83. The molecule has 7 aromatic rings. The average Bonchev–Trinajstić information content (AvgIpc) is 3.62. The van der Waals surface area contributed by atoms with Crippen LogP contribution in [0.1, 0.15) is 24.1 Å². The van der Waals surface area contributed by atoms with Crippen LogP contribution < -0.4 is 16.4 Å². The highest BCUT2D eigenvalue weighted by atomic mass is 15.2. The van der Waals surface area contributed by atoms with E-state index in [0.29, 0.717) is 17.6 Å². The first-order valence-electron chi connectivity index (χ1n) is 15.6. The molecule has 0 unspecified atom stereocenters. The topological polar surface area (TPSA) is 43.6 Å². The summed E-state index contributed by atoms with van der Waals surface area (Å²) in [4.78, 5) is 15.3. The van der Waals surface area contributed by atoms with Crippen molar-refractivity contribution < 1.29 is 0 Å². The molecule has 5 heteroatoms. The van der Waals surface area contributed by atoms with E-state index in [2.05, 4.69) is 95.6 Å². The summed E-state index contributed by atoms with van der Waals surface area (Å²) >= 11 is 0. The molecule has 0 bridgehead atoms. The van der Waals surface area contributed by atoms with Gasteiger partial charge in [-0.05, 0) is 48.4 Å². The molecule has 44 heavy (non-hydrogen) atoms. The largest absolute Gasteiger partial charge is 0.282 e. The number of benzene rings is 5. The Morgan fingerprint density at radius 3 is 1.86 bits per heavy atom. The Morgan fingerprint density at radius 1 is 0.545 bits per heavy atom. The van der Waals surface area contributed by atoms with E-state index in [9.17, 15) is 0 Å². The number of aryl methyl sites for hydroxylation is 1. The molecular formula is C39H29BN4. The van der Waals surface area contributed by atoms with Crippen LogP contribution in [-0.2, 0) is 12.8 Å². The highest BCUT2D eigenvalue weighted by Crippen LogP contribution is 2.40. The summed E-state index contributed by atoms with van der Waals surface area (Å²) < 4.78 is 2.35. The van der Waals surface area contributed by atoms with E-state index in [1.54, 1.807) is 0 Å². The molecule has 0 spiro atoms. The Balaban J connectivity index is 1.34. The lowest BCUT2D eigenvalue weighted by molar-refractivity contribution is 0.661. The predicted octanol–water partition coefficient (Wildman–Crippen LogP) is 6.52.